The number of non-ortho nitro benzene ring substituents is 1. The lowest BCUT2D eigenvalue weighted by molar-refractivity contribution is -0.384. The number of hydrazone groups is 1. The summed E-state index contributed by atoms with van der Waals surface area (Å²) in [6.07, 6.45) is 0.971. The van der Waals surface area contributed by atoms with E-state index in [4.69, 9.17) is 4.74 Å². The first-order valence-corrected chi connectivity index (χ1v) is 8.72. The zero-order chi connectivity index (χ0) is 19.8. The Balaban J connectivity index is 1.97. The fourth-order valence-electron chi connectivity index (χ4n) is 2.47. The molecule has 0 saturated carbocycles. The second kappa shape index (κ2) is 9.47. The fourth-order valence-corrected chi connectivity index (χ4v) is 2.47. The van der Waals surface area contributed by atoms with Crippen molar-refractivity contribution in [1.82, 2.24) is 5.43 Å². The van der Waals surface area contributed by atoms with Crippen LogP contribution in [0.15, 0.2) is 53.6 Å². The van der Waals surface area contributed by atoms with Crippen LogP contribution in [0.2, 0.25) is 0 Å². The van der Waals surface area contributed by atoms with Gasteiger partial charge in [-0.05, 0) is 30.9 Å². The van der Waals surface area contributed by atoms with Crippen LogP contribution in [0.4, 0.5) is 5.69 Å². The van der Waals surface area contributed by atoms with E-state index in [0.717, 1.165) is 12.0 Å². The quantitative estimate of drug-likeness (QED) is 0.432. The van der Waals surface area contributed by atoms with E-state index < -0.39 is 10.8 Å². The van der Waals surface area contributed by atoms with Crippen molar-refractivity contribution in [2.75, 3.05) is 6.61 Å². The first-order valence-electron chi connectivity index (χ1n) is 8.72. The number of nitrogens with one attached hydrogen (secondary N) is 1. The summed E-state index contributed by atoms with van der Waals surface area (Å²) in [5.41, 5.74) is 4.47. The van der Waals surface area contributed by atoms with Gasteiger partial charge in [-0.25, -0.2) is 5.43 Å². The number of hydrogen-bond acceptors (Lipinski definition) is 5. The molecule has 2 aromatic rings. The Morgan fingerprint density at radius 1 is 1.26 bits per heavy atom. The van der Waals surface area contributed by atoms with Gasteiger partial charge in [-0.1, -0.05) is 44.2 Å². The van der Waals surface area contributed by atoms with Gasteiger partial charge in [0.05, 0.1) is 10.6 Å². The minimum atomic E-state index is -0.474. The molecule has 2 aromatic carbocycles. The Labute approximate surface area is 158 Å². The second-order valence-corrected chi connectivity index (χ2v) is 6.18. The number of rotatable bonds is 8. The predicted molar refractivity (Wildman–Crippen MR) is 104 cm³/mol. The smallest absolute Gasteiger partial charge is 0.277 e. The summed E-state index contributed by atoms with van der Waals surface area (Å²) in [5.74, 6) is 0.610. The molecule has 0 aliphatic heterocycles. The maximum absolute atomic E-state index is 12.0. The topological polar surface area (TPSA) is 93.8 Å². The lowest BCUT2D eigenvalue weighted by atomic mass is 9.98. The molecule has 7 heteroatoms. The molecule has 0 saturated heterocycles. The van der Waals surface area contributed by atoms with E-state index in [-0.39, 0.29) is 12.3 Å². The highest BCUT2D eigenvalue weighted by Crippen LogP contribution is 2.28. The van der Waals surface area contributed by atoms with E-state index >= 15 is 0 Å². The average Bonchev–Trinajstić information content (AvgIpc) is 2.70. The number of nitro groups is 1. The molecule has 1 amide bonds. The number of nitro benzene ring substituents is 1. The number of nitrogens with zero attached hydrogens (tertiary/aromatic N) is 2. The Bertz CT molecular complexity index is 849. The molecule has 0 heterocycles. The Hall–Kier alpha value is -3.22. The van der Waals surface area contributed by atoms with Crippen molar-refractivity contribution in [3.63, 3.8) is 0 Å². The van der Waals surface area contributed by atoms with Crippen molar-refractivity contribution in [3.05, 3.63) is 69.8 Å². The fraction of sp³-hybridized carbons (Fsp3) is 0.300. The molecule has 0 bridgehead atoms. The number of carbonyl (C=O) groups is 1. The summed E-state index contributed by atoms with van der Waals surface area (Å²) in [4.78, 5) is 22.4. The lowest BCUT2D eigenvalue weighted by Gasteiger charge is -2.15. The summed E-state index contributed by atoms with van der Waals surface area (Å²) < 4.78 is 5.64. The molecular weight excluding hydrogens is 346 g/mol. The standard InChI is InChI=1S/C20H23N3O4/c1-4-14(2)18-10-5-6-11-19(18)27-13-20(24)22-21-15(3)16-8-7-9-17(12-16)23(25)26/h5-12,14H,4,13H2,1-3H3,(H,22,24)/b21-15+. The van der Waals surface area contributed by atoms with Gasteiger partial charge in [0.2, 0.25) is 0 Å². The molecule has 0 aliphatic rings. The van der Waals surface area contributed by atoms with Crippen molar-refractivity contribution >= 4 is 17.3 Å². The highest BCUT2D eigenvalue weighted by Gasteiger charge is 2.11. The van der Waals surface area contributed by atoms with E-state index in [9.17, 15) is 14.9 Å². The molecule has 0 aromatic heterocycles. The van der Waals surface area contributed by atoms with Gasteiger partial charge >= 0.3 is 0 Å². The molecule has 142 valence electrons. The van der Waals surface area contributed by atoms with Crippen LogP contribution >= 0.6 is 0 Å². The number of ether oxygens (including phenoxy) is 1. The maximum Gasteiger partial charge on any atom is 0.277 e. The summed E-state index contributed by atoms with van der Waals surface area (Å²) in [6.45, 7) is 5.70. The van der Waals surface area contributed by atoms with E-state index in [1.54, 1.807) is 19.1 Å². The number of amides is 1. The van der Waals surface area contributed by atoms with Crippen LogP contribution in [-0.2, 0) is 4.79 Å². The molecule has 0 aliphatic carbocycles. The zero-order valence-corrected chi connectivity index (χ0v) is 15.6. The average molecular weight is 369 g/mol. The van der Waals surface area contributed by atoms with Crippen LogP contribution in [0.3, 0.4) is 0 Å². The largest absolute Gasteiger partial charge is 0.483 e. The molecule has 1 unspecified atom stereocenters. The van der Waals surface area contributed by atoms with Crippen LogP contribution in [-0.4, -0.2) is 23.1 Å². The highest BCUT2D eigenvalue weighted by atomic mass is 16.6. The molecule has 1 N–H and O–H groups in total. The van der Waals surface area contributed by atoms with Crippen molar-refractivity contribution < 1.29 is 14.5 Å². The van der Waals surface area contributed by atoms with Gasteiger partial charge in [-0.2, -0.15) is 5.10 Å². The molecular formula is C20H23N3O4. The molecule has 2 rings (SSSR count). The molecule has 0 radical (unpaired) electrons. The summed E-state index contributed by atoms with van der Waals surface area (Å²) >= 11 is 0. The molecule has 1 atom stereocenters. The van der Waals surface area contributed by atoms with E-state index in [2.05, 4.69) is 24.4 Å². The third-order valence-corrected chi connectivity index (χ3v) is 4.24. The van der Waals surface area contributed by atoms with E-state index in [1.807, 2.05) is 24.3 Å². The minimum Gasteiger partial charge on any atom is -0.483 e. The molecule has 0 fully saturated rings. The van der Waals surface area contributed by atoms with Crippen LogP contribution < -0.4 is 10.2 Å². The zero-order valence-electron chi connectivity index (χ0n) is 15.6. The minimum absolute atomic E-state index is 0.0293. The van der Waals surface area contributed by atoms with Crippen LogP contribution in [0.25, 0.3) is 0 Å². The predicted octanol–water partition coefficient (Wildman–Crippen LogP) is 4.03. The van der Waals surface area contributed by atoms with Crippen molar-refractivity contribution in [3.8, 4) is 5.75 Å². The van der Waals surface area contributed by atoms with Crippen molar-refractivity contribution in [1.29, 1.82) is 0 Å². The van der Waals surface area contributed by atoms with Gasteiger partial charge in [0.15, 0.2) is 6.61 Å². The summed E-state index contributed by atoms with van der Waals surface area (Å²) in [6, 6.07) is 13.7. The van der Waals surface area contributed by atoms with E-state index in [0.29, 0.717) is 22.9 Å². The normalized spacial score (nSPS) is 12.3. The Kier molecular flexibility index (Phi) is 7.05. The van der Waals surface area contributed by atoms with Gasteiger partial charge in [0.1, 0.15) is 5.75 Å². The van der Waals surface area contributed by atoms with Gasteiger partial charge in [0, 0.05) is 17.7 Å². The Morgan fingerprint density at radius 3 is 2.70 bits per heavy atom. The maximum atomic E-state index is 12.0. The highest BCUT2D eigenvalue weighted by molar-refractivity contribution is 5.99. The molecule has 0 spiro atoms. The summed E-state index contributed by atoms with van der Waals surface area (Å²) in [5, 5.41) is 14.8. The molecule has 7 nitrogen and oxygen atoms in total. The summed E-state index contributed by atoms with van der Waals surface area (Å²) in [7, 11) is 0. The number of carbonyl (C=O) groups excluding carboxylic acids is 1. The van der Waals surface area contributed by atoms with Crippen LogP contribution in [0, 0.1) is 10.1 Å². The van der Waals surface area contributed by atoms with Crippen molar-refractivity contribution in [2.45, 2.75) is 33.1 Å². The number of para-hydroxylation sites is 1. The lowest BCUT2D eigenvalue weighted by Crippen LogP contribution is -2.26. The van der Waals surface area contributed by atoms with Gasteiger partial charge in [-0.3, -0.25) is 14.9 Å². The first-order chi connectivity index (χ1) is 12.9. The van der Waals surface area contributed by atoms with E-state index in [1.165, 1.54) is 12.1 Å². The van der Waals surface area contributed by atoms with Gasteiger partial charge in [0.25, 0.3) is 11.6 Å². The number of benzene rings is 2. The van der Waals surface area contributed by atoms with Gasteiger partial charge < -0.3 is 4.74 Å². The third kappa shape index (κ3) is 5.64. The first kappa shape index (κ1) is 20.1. The van der Waals surface area contributed by atoms with Crippen LogP contribution in [0.5, 0.6) is 5.75 Å². The number of hydrogen-bond donors (Lipinski definition) is 1. The molecule has 27 heavy (non-hydrogen) atoms. The monoisotopic (exact) mass is 369 g/mol. The van der Waals surface area contributed by atoms with Crippen molar-refractivity contribution in [2.24, 2.45) is 5.10 Å². The SMILES string of the molecule is CCC(C)c1ccccc1OCC(=O)N/N=C(\C)c1cccc([N+](=O)[O-])c1. The van der Waals surface area contributed by atoms with Crippen LogP contribution in [0.1, 0.15) is 44.2 Å². The Morgan fingerprint density at radius 2 is 2.00 bits per heavy atom. The van der Waals surface area contributed by atoms with Gasteiger partial charge in [-0.15, -0.1) is 0 Å². The second-order valence-electron chi connectivity index (χ2n) is 6.18. The third-order valence-electron chi connectivity index (χ3n) is 4.24.